The first-order chi connectivity index (χ1) is 15.4. The number of benzene rings is 2. The predicted octanol–water partition coefficient (Wildman–Crippen LogP) is 2.65. The third-order valence-electron chi connectivity index (χ3n) is 5.90. The van der Waals surface area contributed by atoms with Crippen molar-refractivity contribution in [3.8, 4) is 11.5 Å². The number of methoxy groups -OCH3 is 1. The van der Waals surface area contributed by atoms with Crippen LogP contribution in [0, 0.1) is 0 Å². The van der Waals surface area contributed by atoms with Gasteiger partial charge in [0, 0.05) is 25.3 Å². The maximum Gasteiger partial charge on any atom is 0.264 e. The summed E-state index contributed by atoms with van der Waals surface area (Å²) in [5.74, 6) is 0.564. The van der Waals surface area contributed by atoms with E-state index in [0.717, 1.165) is 24.8 Å². The van der Waals surface area contributed by atoms with Gasteiger partial charge in [-0.1, -0.05) is 6.42 Å². The summed E-state index contributed by atoms with van der Waals surface area (Å²) in [7, 11) is -2.02. The summed E-state index contributed by atoms with van der Waals surface area (Å²) in [4.78, 5) is 26.0. The molecule has 32 heavy (non-hydrogen) atoms. The Bertz CT molecular complexity index is 1130. The normalized spacial score (nSPS) is 16.5. The van der Waals surface area contributed by atoms with E-state index in [1.807, 2.05) is 0 Å². The zero-order valence-electron chi connectivity index (χ0n) is 18.0. The number of piperidine rings is 1. The van der Waals surface area contributed by atoms with E-state index in [9.17, 15) is 18.0 Å². The van der Waals surface area contributed by atoms with E-state index in [-0.39, 0.29) is 17.4 Å². The maximum absolute atomic E-state index is 13.0. The van der Waals surface area contributed by atoms with Crippen molar-refractivity contribution < 1.29 is 27.5 Å². The van der Waals surface area contributed by atoms with Crippen LogP contribution in [0.3, 0.4) is 0 Å². The van der Waals surface area contributed by atoms with Crippen molar-refractivity contribution in [3.05, 3.63) is 47.5 Å². The first kappa shape index (κ1) is 22.3. The molecule has 4 rings (SSSR count). The third kappa shape index (κ3) is 4.35. The lowest BCUT2D eigenvalue weighted by Crippen LogP contribution is -2.35. The molecule has 2 aromatic carbocycles. The van der Waals surface area contributed by atoms with Crippen LogP contribution in [0.4, 0.5) is 5.69 Å². The predicted molar refractivity (Wildman–Crippen MR) is 119 cm³/mol. The van der Waals surface area contributed by atoms with Crippen LogP contribution in [0.25, 0.3) is 0 Å². The van der Waals surface area contributed by atoms with Gasteiger partial charge in [-0.25, -0.2) is 8.42 Å². The lowest BCUT2D eigenvalue weighted by molar-refractivity contribution is -0.120. The minimum absolute atomic E-state index is 0.236. The average Bonchev–Trinajstić information content (AvgIpc) is 3.26. The molecule has 170 valence electrons. The second-order valence-corrected chi connectivity index (χ2v) is 9.80. The molecule has 2 aliphatic heterocycles. The Kier molecular flexibility index (Phi) is 6.48. The first-order valence-corrected chi connectivity index (χ1v) is 12.1. The van der Waals surface area contributed by atoms with Gasteiger partial charge < -0.3 is 14.4 Å². The van der Waals surface area contributed by atoms with Gasteiger partial charge in [0.05, 0.1) is 17.6 Å². The van der Waals surface area contributed by atoms with Crippen molar-refractivity contribution in [2.24, 2.45) is 0 Å². The van der Waals surface area contributed by atoms with Gasteiger partial charge in [-0.15, -0.1) is 0 Å². The molecule has 0 unspecified atom stereocenters. The van der Waals surface area contributed by atoms with Gasteiger partial charge in [-0.05, 0) is 61.2 Å². The summed E-state index contributed by atoms with van der Waals surface area (Å²) in [6.45, 7) is 1.32. The van der Waals surface area contributed by atoms with Gasteiger partial charge in [-0.2, -0.15) is 4.31 Å². The average molecular weight is 459 g/mol. The first-order valence-electron chi connectivity index (χ1n) is 10.6. The van der Waals surface area contributed by atoms with Gasteiger partial charge in [-0.3, -0.25) is 9.59 Å². The number of fused-ring (bicyclic) bond motifs is 1. The number of ether oxygens (including phenoxy) is 2. The smallest absolute Gasteiger partial charge is 0.264 e. The molecular weight excluding hydrogens is 432 g/mol. The van der Waals surface area contributed by atoms with Crippen molar-refractivity contribution in [1.82, 2.24) is 4.31 Å². The van der Waals surface area contributed by atoms with Crippen LogP contribution in [0.5, 0.6) is 11.5 Å². The Balaban J connectivity index is 1.46. The van der Waals surface area contributed by atoms with Crippen molar-refractivity contribution >= 4 is 27.9 Å². The molecular formula is C23H26N2O6S. The quantitative estimate of drug-likeness (QED) is 0.592. The molecule has 2 heterocycles. The number of hydrogen-bond donors (Lipinski definition) is 0. The number of hydrogen-bond acceptors (Lipinski definition) is 6. The summed E-state index contributed by atoms with van der Waals surface area (Å²) in [6, 6.07) is 9.74. The van der Waals surface area contributed by atoms with Gasteiger partial charge in [0.25, 0.3) is 5.91 Å². The lowest BCUT2D eigenvalue weighted by atomic mass is 10.2. The number of rotatable bonds is 7. The van der Waals surface area contributed by atoms with Gasteiger partial charge in [0.1, 0.15) is 11.5 Å². The molecule has 1 saturated heterocycles. The monoisotopic (exact) mass is 458 g/mol. The van der Waals surface area contributed by atoms with Gasteiger partial charge in [0.15, 0.2) is 12.9 Å². The Morgan fingerprint density at radius 2 is 1.84 bits per heavy atom. The van der Waals surface area contributed by atoms with Crippen LogP contribution in [0.2, 0.25) is 0 Å². The van der Waals surface area contributed by atoms with Crippen LogP contribution < -0.4 is 14.4 Å². The Hall–Kier alpha value is -2.91. The molecule has 0 saturated carbocycles. The molecule has 0 aliphatic carbocycles. The number of aldehydes is 1. The van der Waals surface area contributed by atoms with E-state index in [2.05, 4.69) is 0 Å². The topological polar surface area (TPSA) is 93.2 Å². The summed E-state index contributed by atoms with van der Waals surface area (Å²) >= 11 is 0. The number of amides is 1. The number of nitrogens with zero attached hydrogens (tertiary/aromatic N) is 2. The molecule has 1 fully saturated rings. The molecule has 0 spiro atoms. The second kappa shape index (κ2) is 9.30. The molecule has 1 amide bonds. The number of carbonyl (C=O) groups excluding carboxylic acids is 2. The Morgan fingerprint density at radius 3 is 2.56 bits per heavy atom. The summed E-state index contributed by atoms with van der Waals surface area (Å²) < 4.78 is 38.1. The molecule has 8 nitrogen and oxygen atoms in total. The summed E-state index contributed by atoms with van der Waals surface area (Å²) in [5, 5.41) is 0. The SMILES string of the molecule is COc1ccc(OCC(=O)N2CCc3cc(S(=O)(=O)N4CCCCC4)ccc32)c(C=O)c1. The van der Waals surface area contributed by atoms with Crippen LogP contribution in [-0.4, -0.2) is 58.3 Å². The van der Waals surface area contributed by atoms with Crippen molar-refractivity contribution in [1.29, 1.82) is 0 Å². The van der Waals surface area contributed by atoms with Gasteiger partial charge >= 0.3 is 0 Å². The highest BCUT2D eigenvalue weighted by molar-refractivity contribution is 7.89. The molecule has 2 aromatic rings. The zero-order valence-corrected chi connectivity index (χ0v) is 18.8. The van der Waals surface area contributed by atoms with E-state index in [0.29, 0.717) is 55.1 Å². The largest absolute Gasteiger partial charge is 0.497 e. The maximum atomic E-state index is 13.0. The van der Waals surface area contributed by atoms with E-state index in [1.165, 1.54) is 7.11 Å². The third-order valence-corrected chi connectivity index (χ3v) is 7.79. The molecule has 0 atom stereocenters. The Labute approximate surface area is 187 Å². The highest BCUT2D eigenvalue weighted by atomic mass is 32.2. The standard InChI is InChI=1S/C23H26N2O6S/c1-30-19-5-8-22(18(13-19)15-26)31-16-23(27)25-12-9-17-14-20(6-7-21(17)25)32(28,29)24-10-3-2-4-11-24/h5-8,13-15H,2-4,9-12,16H2,1H3. The molecule has 2 aliphatic rings. The number of sulfonamides is 1. The molecule has 0 radical (unpaired) electrons. The van der Waals surface area contributed by atoms with Crippen LogP contribution >= 0.6 is 0 Å². The summed E-state index contributed by atoms with van der Waals surface area (Å²) in [5.41, 5.74) is 1.82. The van der Waals surface area contributed by atoms with Crippen molar-refractivity contribution in [2.75, 3.05) is 38.3 Å². The molecule has 0 bridgehead atoms. The zero-order chi connectivity index (χ0) is 22.7. The fraction of sp³-hybridized carbons (Fsp3) is 0.391. The minimum Gasteiger partial charge on any atom is -0.497 e. The van der Waals surface area contributed by atoms with Crippen molar-refractivity contribution in [3.63, 3.8) is 0 Å². The number of carbonyl (C=O) groups is 2. The molecule has 9 heteroatoms. The summed E-state index contributed by atoms with van der Waals surface area (Å²) in [6.07, 6.45) is 4.05. The Morgan fingerprint density at radius 1 is 1.06 bits per heavy atom. The van der Waals surface area contributed by atoms with Crippen LogP contribution in [0.1, 0.15) is 35.2 Å². The molecule has 0 N–H and O–H groups in total. The van der Waals surface area contributed by atoms with Crippen molar-refractivity contribution in [2.45, 2.75) is 30.6 Å². The minimum atomic E-state index is -3.52. The fourth-order valence-electron chi connectivity index (χ4n) is 4.15. The van der Waals surface area contributed by atoms with Gasteiger partial charge in [0.2, 0.25) is 10.0 Å². The van der Waals surface area contributed by atoms with E-state index >= 15 is 0 Å². The van der Waals surface area contributed by atoms with E-state index in [1.54, 1.807) is 45.6 Å². The highest BCUT2D eigenvalue weighted by Crippen LogP contribution is 2.32. The lowest BCUT2D eigenvalue weighted by Gasteiger charge is -2.26. The van der Waals surface area contributed by atoms with E-state index < -0.39 is 10.0 Å². The fourth-order valence-corrected chi connectivity index (χ4v) is 5.71. The second-order valence-electron chi connectivity index (χ2n) is 7.86. The molecule has 0 aromatic heterocycles. The van der Waals surface area contributed by atoms with E-state index in [4.69, 9.17) is 9.47 Å². The highest BCUT2D eigenvalue weighted by Gasteiger charge is 2.30. The number of anilines is 1. The van der Waals surface area contributed by atoms with Crippen LogP contribution in [-0.2, 0) is 21.2 Å². The van der Waals surface area contributed by atoms with Crippen LogP contribution in [0.15, 0.2) is 41.3 Å².